The standard InChI is InChI=1S/C111H212N24O3/c1-94(2)61-79(62-95(3,4)120(94)37)130(80-63-96(5,6)121(38)97(7,8)64-80)91-58-88(114-133(117-91)136-85-73-106(25,26)126(43)107(27,28)74-85)112-54-50-46-48-52-56-129(90-60-93(119-135(116-90)138-87-77-110(33,34)128(45)111(35,36)78-87)132(83-69-102(17,18)124(41)103(19,20)70-83)84-71-104(21,22)125(42)105(23,24)72-84)57-53-49-47-51-55-113-89-59-92(118-134(115-89)137-86-75-108(29,30)127(44)109(31,32)76-86)131(81-65-98(9,10)122(39)99(11,12)66-81)82-67-100(13,14)123(40)101(15,16)68-82/h58-60,79-87,112,114,118-119H,46-57,61-78H2,1-45H3,(H,113,115). The molecule has 0 aromatic carbocycles. The second-order valence-corrected chi connectivity index (χ2v) is 57.5. The highest BCUT2D eigenvalue weighted by Gasteiger charge is 2.58. The van der Waals surface area contributed by atoms with E-state index >= 15 is 0 Å². The second kappa shape index (κ2) is 39.6. The van der Waals surface area contributed by atoms with Gasteiger partial charge in [0.25, 0.3) is 0 Å². The van der Waals surface area contributed by atoms with E-state index < -0.39 is 0 Å². The molecule has 12 rings (SSSR count). The molecule has 12 aliphatic heterocycles. The molecule has 0 radical (unpaired) electrons. The zero-order valence-electron chi connectivity index (χ0n) is 97.4. The summed E-state index contributed by atoms with van der Waals surface area (Å²) < 4.78 is 0. The number of unbranched alkanes of at least 4 members (excludes halogenated alkanes) is 6. The highest BCUT2D eigenvalue weighted by Crippen LogP contribution is 2.52. The van der Waals surface area contributed by atoms with Crippen molar-refractivity contribution < 1.29 is 14.5 Å². The SMILES string of the molecule is CN1C(C)(C)CC(ON2N=C(N(C3CC(C)(C)N(C)C(C)(C)C3)C3CC(C)(C)N(C)C(C)(C)C3)C=C(NCCCCCCN(CCCCCCN=C3C=C(N(C4CC(C)(C)N(C)C(C)(C)C4)C4CC(C)(C)N(C)C(C)(C)C4)NN(OC4CC(C)(C)N(C)C(C)(C)C4)N3)C3=NN(OC4CC(C)(C)N(C)C(C)(C)C4)NC(N(C4CC(C)(C)N(C)C(C)(C)C4)C4CC(C)(C)N(C)C(C)(C)C4)=C3)N2)CC1(C)C. The van der Waals surface area contributed by atoms with E-state index in [1.54, 1.807) is 5.28 Å². The number of amidine groups is 3. The van der Waals surface area contributed by atoms with Crippen molar-refractivity contribution in [2.24, 2.45) is 15.2 Å². The van der Waals surface area contributed by atoms with Crippen LogP contribution in [0.2, 0.25) is 0 Å². The number of aliphatic imine (C=N–C) groups is 1. The largest absolute Gasteiger partial charge is 0.370 e. The molecule has 27 heteroatoms. The van der Waals surface area contributed by atoms with E-state index in [0.717, 1.165) is 222 Å². The van der Waals surface area contributed by atoms with Gasteiger partial charge in [0.15, 0.2) is 11.7 Å². The first kappa shape index (κ1) is 112. The van der Waals surface area contributed by atoms with Gasteiger partial charge < -0.3 is 24.9 Å². The van der Waals surface area contributed by atoms with E-state index in [1.807, 2.05) is 10.6 Å². The normalized spacial score (nSPS) is 29.5. The topological polar surface area (TPSA) is 177 Å². The van der Waals surface area contributed by atoms with Crippen LogP contribution in [0.5, 0.6) is 0 Å². The molecule has 9 fully saturated rings. The van der Waals surface area contributed by atoms with E-state index in [0.29, 0.717) is 6.54 Å². The molecule has 0 unspecified atom stereocenters. The highest BCUT2D eigenvalue weighted by molar-refractivity contribution is 5.95. The predicted octanol–water partition coefficient (Wildman–Crippen LogP) is 19.1. The number of nitrogens with zero attached hydrogens (tertiary/aromatic N) is 19. The number of hydrogen-bond acceptors (Lipinski definition) is 26. The number of hydrogen-bond donors (Lipinski definition) is 5. The lowest BCUT2D eigenvalue weighted by molar-refractivity contribution is -0.272. The van der Waals surface area contributed by atoms with Crippen LogP contribution in [0, 0.1) is 0 Å². The van der Waals surface area contributed by atoms with Crippen LogP contribution in [0.1, 0.15) is 416 Å². The molecule has 9 saturated heterocycles. The Hall–Kier alpha value is -4.49. The lowest BCUT2D eigenvalue weighted by Crippen LogP contribution is -2.69. The monoisotopic (exact) mass is 1930 g/mol. The molecule has 0 aromatic rings. The number of piperidine rings is 9. The number of nitrogens with one attached hydrogen (secondary N) is 5. The van der Waals surface area contributed by atoms with Crippen molar-refractivity contribution in [2.45, 2.75) is 570 Å². The first-order valence-electron chi connectivity index (χ1n) is 54.7. The van der Waals surface area contributed by atoms with Gasteiger partial charge in [-0.05, 0) is 459 Å². The fourth-order valence-electron chi connectivity index (χ4n) is 29.1. The Morgan fingerprint density at radius 2 is 0.536 bits per heavy atom. The summed E-state index contributed by atoms with van der Waals surface area (Å²) in [5.74, 6) is 5.90. The maximum absolute atomic E-state index is 7.51. The maximum Gasteiger partial charge on any atom is 0.157 e. The van der Waals surface area contributed by atoms with Crippen LogP contribution in [-0.2, 0) is 14.5 Å². The van der Waals surface area contributed by atoms with Crippen LogP contribution < -0.4 is 27.0 Å². The Morgan fingerprint density at radius 3 is 0.848 bits per heavy atom. The highest BCUT2D eigenvalue weighted by atomic mass is 16.8. The van der Waals surface area contributed by atoms with Crippen molar-refractivity contribution in [3.05, 3.63) is 35.7 Å². The molecule has 0 aromatic heterocycles. The number of hydrazone groups is 2. The molecule has 0 saturated carbocycles. The second-order valence-electron chi connectivity index (χ2n) is 57.5. The van der Waals surface area contributed by atoms with E-state index in [4.69, 9.17) is 29.7 Å². The van der Waals surface area contributed by atoms with Gasteiger partial charge in [-0.15, -0.1) is 10.2 Å². The van der Waals surface area contributed by atoms with Crippen molar-refractivity contribution in [1.82, 2.24) is 107 Å². The van der Waals surface area contributed by atoms with E-state index in [-0.39, 0.29) is 154 Å². The molecule has 0 amide bonds. The van der Waals surface area contributed by atoms with Crippen LogP contribution >= 0.6 is 0 Å². The number of rotatable bonds is 29. The summed E-state index contributed by atoms with van der Waals surface area (Å²) in [6.45, 7) is 90.7. The summed E-state index contributed by atoms with van der Waals surface area (Å²) >= 11 is 0. The van der Waals surface area contributed by atoms with Crippen LogP contribution in [0.4, 0.5) is 0 Å². The molecule has 0 spiro atoms. The van der Waals surface area contributed by atoms with Crippen molar-refractivity contribution in [2.75, 3.05) is 89.6 Å². The quantitative estimate of drug-likeness (QED) is 0.0447. The molecular formula is C111H212N24O3. The van der Waals surface area contributed by atoms with Crippen molar-refractivity contribution in [3.63, 3.8) is 0 Å². The molecule has 12 aliphatic rings. The third-order valence-corrected chi connectivity index (χ3v) is 39.1. The molecule has 27 nitrogen and oxygen atoms in total. The number of hydrazine groups is 4. The van der Waals surface area contributed by atoms with Gasteiger partial charge in [0, 0.05) is 180 Å². The van der Waals surface area contributed by atoms with Crippen LogP contribution in [0.3, 0.4) is 0 Å². The van der Waals surface area contributed by atoms with Crippen LogP contribution in [-0.4, -0.2) is 341 Å². The minimum Gasteiger partial charge on any atom is -0.370 e. The van der Waals surface area contributed by atoms with E-state index in [1.165, 1.54) is 0 Å². The average molecular weight is 1930 g/mol. The molecule has 138 heavy (non-hydrogen) atoms. The Kier molecular flexibility index (Phi) is 32.2. The van der Waals surface area contributed by atoms with Gasteiger partial charge in [-0.2, -0.15) is 0 Å². The van der Waals surface area contributed by atoms with Crippen molar-refractivity contribution in [1.29, 1.82) is 0 Å². The molecule has 5 N–H and O–H groups in total. The Morgan fingerprint density at radius 1 is 0.283 bits per heavy atom. The Balaban J connectivity index is 0.856. The molecule has 0 atom stereocenters. The zero-order valence-corrected chi connectivity index (χ0v) is 97.4. The Labute approximate surface area is 844 Å². The van der Waals surface area contributed by atoms with Gasteiger partial charge in [-0.3, -0.25) is 64.8 Å². The lowest BCUT2D eigenvalue weighted by atomic mass is 9.73. The fraction of sp³-hybridized carbons (Fsp3) is 0.919. The van der Waals surface area contributed by atoms with Crippen LogP contribution in [0.25, 0.3) is 0 Å². The van der Waals surface area contributed by atoms with Gasteiger partial charge in [0.05, 0.1) is 18.3 Å². The van der Waals surface area contributed by atoms with Gasteiger partial charge >= 0.3 is 0 Å². The Bertz CT molecular complexity index is 4060. The molecule has 0 aliphatic carbocycles. The van der Waals surface area contributed by atoms with Gasteiger partial charge in [0.2, 0.25) is 0 Å². The van der Waals surface area contributed by atoms with Crippen molar-refractivity contribution >= 4 is 17.5 Å². The summed E-state index contributed by atoms with van der Waals surface area (Å²) in [5, 5.41) is 20.9. The van der Waals surface area contributed by atoms with Gasteiger partial charge in [-0.25, -0.2) is 20.5 Å². The molecule has 794 valence electrons. The maximum atomic E-state index is 7.51. The summed E-state index contributed by atoms with van der Waals surface area (Å²) in [7, 11) is 20.9. The molecule has 0 bridgehead atoms. The summed E-state index contributed by atoms with van der Waals surface area (Å²) in [6.07, 6.45) is 32.8. The van der Waals surface area contributed by atoms with Gasteiger partial charge in [-0.1, -0.05) is 36.2 Å². The summed E-state index contributed by atoms with van der Waals surface area (Å²) in [6, 6.07) is 1.48. The smallest absolute Gasteiger partial charge is 0.157 e. The predicted molar refractivity (Wildman–Crippen MR) is 575 cm³/mol. The van der Waals surface area contributed by atoms with Crippen molar-refractivity contribution in [3.8, 4) is 0 Å². The zero-order chi connectivity index (χ0) is 103. The van der Waals surface area contributed by atoms with Crippen LogP contribution in [0.15, 0.2) is 50.9 Å². The third kappa shape index (κ3) is 24.6. The van der Waals surface area contributed by atoms with E-state index in [2.05, 4.69) is 422 Å². The molecular weight excluding hydrogens is 1720 g/mol. The fourth-order valence-corrected chi connectivity index (χ4v) is 29.1. The molecule has 12 heterocycles. The third-order valence-electron chi connectivity index (χ3n) is 39.1. The number of likely N-dealkylation sites (tertiary alicyclic amines) is 9. The first-order valence-corrected chi connectivity index (χ1v) is 54.7. The van der Waals surface area contributed by atoms with E-state index in [9.17, 15) is 0 Å². The summed E-state index contributed by atoms with van der Waals surface area (Å²) in [4.78, 5) is 62.3. The lowest BCUT2D eigenvalue weighted by Gasteiger charge is -2.61. The van der Waals surface area contributed by atoms with Gasteiger partial charge in [0.1, 0.15) is 23.3 Å². The minimum atomic E-state index is -0.101. The summed E-state index contributed by atoms with van der Waals surface area (Å²) in [5.41, 5.74) is 14.5. The average Bonchev–Trinajstić information content (AvgIpc) is 0.719. The first-order chi connectivity index (χ1) is 62.9. The minimum absolute atomic E-state index is 0.0311.